The van der Waals surface area contributed by atoms with Gasteiger partial charge in [0.25, 0.3) is 0 Å². The topological polar surface area (TPSA) is 49.4 Å². The molecule has 1 aliphatic carbocycles. The van der Waals surface area contributed by atoms with E-state index in [0.717, 1.165) is 38.8 Å². The van der Waals surface area contributed by atoms with Crippen molar-refractivity contribution < 1.29 is 9.59 Å². The van der Waals surface area contributed by atoms with Gasteiger partial charge in [-0.1, -0.05) is 33.6 Å². The number of likely N-dealkylation sites (tertiary alicyclic amines) is 1. The fourth-order valence-corrected chi connectivity index (χ4v) is 3.44. The van der Waals surface area contributed by atoms with Crippen LogP contribution in [0, 0.1) is 11.3 Å². The number of hydrogen-bond donors (Lipinski definition) is 1. The molecule has 4 heteroatoms. The first kappa shape index (κ1) is 16.3. The van der Waals surface area contributed by atoms with Crippen LogP contribution in [-0.2, 0) is 9.59 Å². The van der Waals surface area contributed by atoms with Crippen molar-refractivity contribution in [3.05, 3.63) is 0 Å². The molecule has 2 rings (SSSR count). The first-order valence-electron chi connectivity index (χ1n) is 8.43. The molecule has 1 aliphatic heterocycles. The smallest absolute Gasteiger partial charge is 0.225 e. The van der Waals surface area contributed by atoms with Crippen molar-refractivity contribution in [2.24, 2.45) is 11.3 Å². The number of hydrogen-bond acceptors (Lipinski definition) is 2. The highest BCUT2D eigenvalue weighted by Gasteiger charge is 2.30. The van der Waals surface area contributed by atoms with E-state index in [0.29, 0.717) is 12.3 Å². The molecule has 0 unspecified atom stereocenters. The minimum atomic E-state index is 0.0310. The lowest BCUT2D eigenvalue weighted by Crippen LogP contribution is -2.48. The van der Waals surface area contributed by atoms with E-state index in [4.69, 9.17) is 0 Å². The Kier molecular flexibility index (Phi) is 5.28. The maximum absolute atomic E-state index is 12.4. The zero-order valence-electron chi connectivity index (χ0n) is 13.8. The van der Waals surface area contributed by atoms with Crippen LogP contribution < -0.4 is 5.32 Å². The highest BCUT2D eigenvalue weighted by Crippen LogP contribution is 2.27. The Morgan fingerprint density at radius 3 is 2.14 bits per heavy atom. The van der Waals surface area contributed by atoms with Crippen LogP contribution in [0.3, 0.4) is 0 Å². The Balaban J connectivity index is 1.73. The van der Waals surface area contributed by atoms with Crippen molar-refractivity contribution in [1.29, 1.82) is 0 Å². The summed E-state index contributed by atoms with van der Waals surface area (Å²) in [5.74, 6) is 0.770. The molecule has 2 aliphatic rings. The molecule has 0 aromatic rings. The molecule has 0 aromatic carbocycles. The highest BCUT2D eigenvalue weighted by molar-refractivity contribution is 5.79. The maximum atomic E-state index is 12.4. The molecule has 1 saturated carbocycles. The average Bonchev–Trinajstić information content (AvgIpc) is 2.90. The molecular weight excluding hydrogens is 264 g/mol. The number of nitrogens with zero attached hydrogens (tertiary/aromatic N) is 1. The van der Waals surface area contributed by atoms with E-state index in [1.165, 1.54) is 12.8 Å². The van der Waals surface area contributed by atoms with Gasteiger partial charge in [0, 0.05) is 31.5 Å². The summed E-state index contributed by atoms with van der Waals surface area (Å²) < 4.78 is 0. The Bertz CT molecular complexity index is 373. The van der Waals surface area contributed by atoms with Gasteiger partial charge in [-0.05, 0) is 31.1 Å². The number of carbonyl (C=O) groups is 2. The van der Waals surface area contributed by atoms with Crippen molar-refractivity contribution >= 4 is 11.8 Å². The second kappa shape index (κ2) is 6.80. The summed E-state index contributed by atoms with van der Waals surface area (Å²) in [5.41, 5.74) is 0.0310. The summed E-state index contributed by atoms with van der Waals surface area (Å²) in [6.07, 6.45) is 6.91. The highest BCUT2D eigenvalue weighted by atomic mass is 16.2. The van der Waals surface area contributed by atoms with Gasteiger partial charge in [-0.25, -0.2) is 0 Å². The van der Waals surface area contributed by atoms with Gasteiger partial charge < -0.3 is 10.2 Å². The van der Waals surface area contributed by atoms with Gasteiger partial charge >= 0.3 is 0 Å². The first-order valence-corrected chi connectivity index (χ1v) is 8.43. The normalized spacial score (nSPS) is 21.6. The van der Waals surface area contributed by atoms with Crippen molar-refractivity contribution in [2.45, 2.75) is 71.8 Å². The molecule has 2 amide bonds. The molecule has 4 nitrogen and oxygen atoms in total. The second-order valence-corrected chi connectivity index (χ2v) is 7.89. The van der Waals surface area contributed by atoms with Crippen molar-refractivity contribution in [2.75, 3.05) is 13.1 Å². The molecule has 0 bridgehead atoms. The molecule has 21 heavy (non-hydrogen) atoms. The quantitative estimate of drug-likeness (QED) is 0.870. The second-order valence-electron chi connectivity index (χ2n) is 7.89. The molecule has 0 atom stereocenters. The number of piperidine rings is 1. The van der Waals surface area contributed by atoms with Gasteiger partial charge in [0.15, 0.2) is 0 Å². The summed E-state index contributed by atoms with van der Waals surface area (Å²) in [7, 11) is 0. The van der Waals surface area contributed by atoms with E-state index in [1.54, 1.807) is 0 Å². The summed E-state index contributed by atoms with van der Waals surface area (Å²) in [4.78, 5) is 26.3. The predicted octanol–water partition coefficient (Wildman–Crippen LogP) is 2.72. The molecule has 1 heterocycles. The van der Waals surface area contributed by atoms with Crippen LogP contribution in [0.5, 0.6) is 0 Å². The third-order valence-electron chi connectivity index (χ3n) is 4.57. The summed E-state index contributed by atoms with van der Waals surface area (Å²) in [5, 5.41) is 3.13. The van der Waals surface area contributed by atoms with Crippen molar-refractivity contribution in [3.63, 3.8) is 0 Å². The molecule has 2 fully saturated rings. The number of nitrogens with one attached hydrogen (secondary N) is 1. The van der Waals surface area contributed by atoms with Gasteiger partial charge in [0.05, 0.1) is 0 Å². The Morgan fingerprint density at radius 1 is 1.05 bits per heavy atom. The molecule has 0 aromatic heterocycles. The van der Waals surface area contributed by atoms with Gasteiger partial charge in [0.2, 0.25) is 11.8 Å². The maximum Gasteiger partial charge on any atom is 0.225 e. The Hall–Kier alpha value is -1.06. The Morgan fingerprint density at radius 2 is 1.62 bits per heavy atom. The van der Waals surface area contributed by atoms with E-state index in [2.05, 4.69) is 26.1 Å². The summed E-state index contributed by atoms with van der Waals surface area (Å²) in [6, 6.07) is 0.243. The number of rotatable bonds is 3. The lowest BCUT2D eigenvalue weighted by atomic mass is 9.91. The van der Waals surface area contributed by atoms with E-state index in [1.807, 2.05) is 4.90 Å². The fourth-order valence-electron chi connectivity index (χ4n) is 3.44. The number of amides is 2. The lowest BCUT2D eigenvalue weighted by molar-refractivity contribution is -0.136. The SMILES string of the molecule is CC(C)(C)CC(=O)NC1CCN(C(=O)C2CCCC2)CC1. The largest absolute Gasteiger partial charge is 0.353 e. The lowest BCUT2D eigenvalue weighted by Gasteiger charge is -2.34. The third-order valence-corrected chi connectivity index (χ3v) is 4.57. The predicted molar refractivity (Wildman–Crippen MR) is 83.8 cm³/mol. The van der Waals surface area contributed by atoms with Crippen LogP contribution in [0.15, 0.2) is 0 Å². The number of carbonyl (C=O) groups excluding carboxylic acids is 2. The minimum Gasteiger partial charge on any atom is -0.353 e. The van der Waals surface area contributed by atoms with Gasteiger partial charge in [-0.15, -0.1) is 0 Å². The summed E-state index contributed by atoms with van der Waals surface area (Å²) in [6.45, 7) is 7.84. The van der Waals surface area contributed by atoms with Crippen LogP contribution >= 0.6 is 0 Å². The van der Waals surface area contributed by atoms with Crippen LogP contribution in [0.25, 0.3) is 0 Å². The van der Waals surface area contributed by atoms with Crippen molar-refractivity contribution in [3.8, 4) is 0 Å². The standard InChI is InChI=1S/C17H30N2O2/c1-17(2,3)12-15(20)18-14-8-10-19(11-9-14)16(21)13-6-4-5-7-13/h13-14H,4-12H2,1-3H3,(H,18,20). The van der Waals surface area contributed by atoms with Gasteiger partial charge in [0.1, 0.15) is 0 Å². The van der Waals surface area contributed by atoms with Gasteiger partial charge in [-0.2, -0.15) is 0 Å². The van der Waals surface area contributed by atoms with E-state index in [-0.39, 0.29) is 23.3 Å². The van der Waals surface area contributed by atoms with Gasteiger partial charge in [-0.3, -0.25) is 9.59 Å². The van der Waals surface area contributed by atoms with E-state index >= 15 is 0 Å². The van der Waals surface area contributed by atoms with Crippen LogP contribution in [0.1, 0.15) is 65.7 Å². The molecule has 0 spiro atoms. The van der Waals surface area contributed by atoms with E-state index in [9.17, 15) is 9.59 Å². The van der Waals surface area contributed by atoms with E-state index < -0.39 is 0 Å². The van der Waals surface area contributed by atoms with Crippen LogP contribution in [-0.4, -0.2) is 35.8 Å². The summed E-state index contributed by atoms with van der Waals surface area (Å²) >= 11 is 0. The molecular formula is C17H30N2O2. The average molecular weight is 294 g/mol. The zero-order chi connectivity index (χ0) is 15.5. The Labute approximate surface area is 128 Å². The minimum absolute atomic E-state index is 0.0310. The monoisotopic (exact) mass is 294 g/mol. The zero-order valence-corrected chi connectivity index (χ0v) is 13.8. The third kappa shape index (κ3) is 5.01. The fraction of sp³-hybridized carbons (Fsp3) is 0.882. The van der Waals surface area contributed by atoms with Crippen LogP contribution in [0.2, 0.25) is 0 Å². The molecule has 1 N–H and O–H groups in total. The molecule has 1 saturated heterocycles. The molecule has 120 valence electrons. The molecule has 0 radical (unpaired) electrons. The van der Waals surface area contributed by atoms with Crippen molar-refractivity contribution in [1.82, 2.24) is 10.2 Å². The van der Waals surface area contributed by atoms with Crippen LogP contribution in [0.4, 0.5) is 0 Å². The first-order chi connectivity index (χ1) is 9.85.